The van der Waals surface area contributed by atoms with E-state index < -0.39 is 0 Å². The van der Waals surface area contributed by atoms with Crippen LogP contribution in [0.15, 0.2) is 0 Å². The Kier molecular flexibility index (Phi) is 7.44. The van der Waals surface area contributed by atoms with Crippen LogP contribution in [0, 0.1) is 0 Å². The average Bonchev–Trinajstić information content (AvgIpc) is 1.59. The van der Waals surface area contributed by atoms with Gasteiger partial charge in [-0.2, -0.15) is 0 Å². The third kappa shape index (κ3) is 13.3. The molecule has 0 rings (SSSR count). The maximum absolute atomic E-state index is 10.3. The van der Waals surface area contributed by atoms with Gasteiger partial charge in [0, 0.05) is 6.92 Å². The summed E-state index contributed by atoms with van der Waals surface area (Å²) in [6.45, 7) is 2.80. The Morgan fingerprint density at radius 2 is 1.82 bits per heavy atom. The Hall–Kier alpha value is 0.313. The van der Waals surface area contributed by atoms with Crippen LogP contribution in [0.4, 0.5) is 0 Å². The van der Waals surface area contributed by atoms with Gasteiger partial charge < -0.3 is 9.22 Å². The van der Waals surface area contributed by atoms with Gasteiger partial charge in [0.05, 0.1) is 21.1 Å². The van der Waals surface area contributed by atoms with E-state index in [0.29, 0.717) is 6.61 Å². The first kappa shape index (κ1) is 13.9. The molecule has 0 bridgehead atoms. The molecule has 0 aromatic heterocycles. The molecule has 0 heterocycles. The fourth-order valence-corrected chi connectivity index (χ4v) is 0.463. The molecule has 0 aliphatic carbocycles. The number of hydrogen-bond acceptors (Lipinski definition) is 2. The molecule has 0 spiro atoms. The summed E-state index contributed by atoms with van der Waals surface area (Å²) in [4.78, 5) is 10.3. The molecule has 11 heavy (non-hydrogen) atoms. The van der Waals surface area contributed by atoms with Crippen LogP contribution < -0.4 is 0 Å². The van der Waals surface area contributed by atoms with Gasteiger partial charge in [0.15, 0.2) is 0 Å². The van der Waals surface area contributed by atoms with E-state index in [9.17, 15) is 4.79 Å². The molecule has 3 nitrogen and oxygen atoms in total. The summed E-state index contributed by atoms with van der Waals surface area (Å²) in [5, 5.41) is 0. The van der Waals surface area contributed by atoms with E-state index in [0.717, 1.165) is 11.0 Å². The predicted molar refractivity (Wildman–Crippen MR) is 45.3 cm³/mol. The molecule has 0 unspecified atom stereocenters. The second kappa shape index (κ2) is 5.90. The first-order valence-electron chi connectivity index (χ1n) is 3.35. The SMILES string of the molecule is CC(=O)OCC[N+](C)(C)C.[Bi+3]. The number of quaternary nitrogens is 1. The van der Waals surface area contributed by atoms with Gasteiger partial charge in [-0.15, -0.1) is 0 Å². The molecule has 0 N–H and O–H groups in total. The summed E-state index contributed by atoms with van der Waals surface area (Å²) in [5.41, 5.74) is 0. The van der Waals surface area contributed by atoms with Gasteiger partial charge in [-0.1, -0.05) is 0 Å². The molecule has 4 heteroatoms. The average molecular weight is 355 g/mol. The molecule has 0 aromatic rings. The molecule has 2 radical (unpaired) electrons. The Bertz CT molecular complexity index is 120. The number of nitrogens with zero attached hydrogens (tertiary/aromatic N) is 1. The second-order valence-electron chi connectivity index (χ2n) is 3.35. The van der Waals surface area contributed by atoms with Gasteiger partial charge in [-0.25, -0.2) is 0 Å². The van der Waals surface area contributed by atoms with Crippen LogP contribution >= 0.6 is 0 Å². The Labute approximate surface area is 87.4 Å². The topological polar surface area (TPSA) is 26.3 Å². The molecule has 0 aliphatic rings. The summed E-state index contributed by atoms with van der Waals surface area (Å²) in [6, 6.07) is 0. The van der Waals surface area contributed by atoms with Crippen molar-refractivity contribution in [3.8, 4) is 0 Å². The molecule has 0 saturated carbocycles. The molecule has 62 valence electrons. The molecular formula is C7H16BiNO2+4. The van der Waals surface area contributed by atoms with Gasteiger partial charge in [0.1, 0.15) is 13.2 Å². The van der Waals surface area contributed by atoms with Crippen LogP contribution in [0.2, 0.25) is 0 Å². The minimum atomic E-state index is -0.201. The number of rotatable bonds is 3. The van der Waals surface area contributed by atoms with E-state index in [-0.39, 0.29) is 32.2 Å². The summed E-state index contributed by atoms with van der Waals surface area (Å²) >= 11 is 0. The van der Waals surface area contributed by atoms with Crippen LogP contribution in [0.3, 0.4) is 0 Å². The van der Waals surface area contributed by atoms with Crippen molar-refractivity contribution in [2.24, 2.45) is 0 Å². The van der Waals surface area contributed by atoms with Crippen LogP contribution in [0.25, 0.3) is 0 Å². The molecule has 0 saturated heterocycles. The molecule has 0 atom stereocenters. The van der Waals surface area contributed by atoms with Crippen LogP contribution in [0.5, 0.6) is 0 Å². The third-order valence-corrected chi connectivity index (χ3v) is 1.07. The summed E-state index contributed by atoms with van der Waals surface area (Å²) in [6.07, 6.45) is 0. The minimum Gasteiger partial charge on any atom is -0.460 e. The minimum absolute atomic E-state index is 0. The van der Waals surface area contributed by atoms with Crippen molar-refractivity contribution in [3.63, 3.8) is 0 Å². The Balaban J connectivity index is 0. The Morgan fingerprint density at radius 1 is 1.36 bits per heavy atom. The number of likely N-dealkylation sites (N-methyl/N-ethyl adjacent to an activating group) is 1. The summed E-state index contributed by atoms with van der Waals surface area (Å²) in [7, 11) is 6.18. The van der Waals surface area contributed by atoms with Gasteiger partial charge in [0.25, 0.3) is 0 Å². The van der Waals surface area contributed by atoms with E-state index in [2.05, 4.69) is 21.1 Å². The summed E-state index contributed by atoms with van der Waals surface area (Å²) in [5.74, 6) is -0.201. The first-order valence-corrected chi connectivity index (χ1v) is 3.35. The van der Waals surface area contributed by atoms with E-state index >= 15 is 0 Å². The first-order chi connectivity index (χ1) is 4.42. The molecule has 0 aromatic carbocycles. The van der Waals surface area contributed by atoms with Crippen LogP contribution in [-0.4, -0.2) is 71.0 Å². The molecule has 0 amide bonds. The molecular weight excluding hydrogens is 339 g/mol. The quantitative estimate of drug-likeness (QED) is 0.401. The fourth-order valence-electron chi connectivity index (χ4n) is 0.463. The van der Waals surface area contributed by atoms with Crippen LogP contribution in [-0.2, 0) is 9.53 Å². The maximum atomic E-state index is 10.3. The van der Waals surface area contributed by atoms with Crippen molar-refractivity contribution < 1.29 is 14.0 Å². The normalized spacial score (nSPS) is 10.2. The van der Waals surface area contributed by atoms with Gasteiger partial charge in [0.2, 0.25) is 0 Å². The van der Waals surface area contributed by atoms with Crippen molar-refractivity contribution in [3.05, 3.63) is 0 Å². The van der Waals surface area contributed by atoms with E-state index in [1.807, 2.05) is 0 Å². The fraction of sp³-hybridized carbons (Fsp3) is 0.857. The van der Waals surface area contributed by atoms with Gasteiger partial charge >= 0.3 is 32.2 Å². The Morgan fingerprint density at radius 3 is 2.09 bits per heavy atom. The second-order valence-corrected chi connectivity index (χ2v) is 3.35. The largest absolute Gasteiger partial charge is 3.00 e. The monoisotopic (exact) mass is 355 g/mol. The number of carbonyl (C=O) groups excluding carboxylic acids is 1. The van der Waals surface area contributed by atoms with Crippen molar-refractivity contribution in [1.82, 2.24) is 0 Å². The molecule has 0 fully saturated rings. The zero-order chi connectivity index (χ0) is 8.20. The van der Waals surface area contributed by atoms with E-state index in [4.69, 9.17) is 4.74 Å². The molecule has 0 aliphatic heterocycles. The summed E-state index contributed by atoms with van der Waals surface area (Å²) < 4.78 is 5.59. The number of carbonyl (C=O) groups is 1. The zero-order valence-corrected chi connectivity index (χ0v) is 11.1. The zero-order valence-electron chi connectivity index (χ0n) is 7.63. The standard InChI is InChI=1S/C7H16NO2.Bi/c1-7(9)10-6-5-8(2,3)4;/h5-6H2,1-4H3;/q+1;+3. The van der Waals surface area contributed by atoms with Crippen LogP contribution in [0.1, 0.15) is 6.92 Å². The van der Waals surface area contributed by atoms with E-state index in [1.165, 1.54) is 6.92 Å². The van der Waals surface area contributed by atoms with Crippen molar-refractivity contribution in [1.29, 1.82) is 0 Å². The third-order valence-electron chi connectivity index (χ3n) is 1.07. The smallest absolute Gasteiger partial charge is 0.460 e. The van der Waals surface area contributed by atoms with Crippen molar-refractivity contribution in [2.45, 2.75) is 6.92 Å². The van der Waals surface area contributed by atoms with Crippen molar-refractivity contribution in [2.75, 3.05) is 34.3 Å². The number of esters is 1. The van der Waals surface area contributed by atoms with Gasteiger partial charge in [-0.3, -0.25) is 4.79 Å². The van der Waals surface area contributed by atoms with E-state index in [1.54, 1.807) is 0 Å². The number of ether oxygens (including phenoxy) is 1. The predicted octanol–water partition coefficient (Wildman–Crippen LogP) is -0.125. The van der Waals surface area contributed by atoms with Gasteiger partial charge in [-0.05, 0) is 0 Å². The van der Waals surface area contributed by atoms with Crippen molar-refractivity contribution >= 4 is 32.2 Å². The maximum Gasteiger partial charge on any atom is 3.00 e. The number of hydrogen-bond donors (Lipinski definition) is 0.